The van der Waals surface area contributed by atoms with E-state index in [0.29, 0.717) is 5.76 Å². The molecule has 1 aliphatic carbocycles. The smallest absolute Gasteiger partial charge is 0.271 e. The number of nitrogens with one attached hydrogen (secondary N) is 1. The van der Waals surface area contributed by atoms with Crippen molar-refractivity contribution in [3.05, 3.63) is 48.4 Å². The normalized spacial score (nSPS) is 17.4. The molecule has 0 bridgehead atoms. The van der Waals surface area contributed by atoms with Gasteiger partial charge in [0.1, 0.15) is 17.1 Å². The molecule has 2 N–H and O–H groups in total. The Morgan fingerprint density at radius 1 is 1.50 bits per heavy atom. The van der Waals surface area contributed by atoms with Gasteiger partial charge in [0.15, 0.2) is 0 Å². The lowest BCUT2D eigenvalue weighted by atomic mass is 9.94. The molecule has 3 rings (SSSR count). The van der Waals surface area contributed by atoms with Crippen LogP contribution in [-0.4, -0.2) is 27.5 Å². The van der Waals surface area contributed by atoms with E-state index in [9.17, 15) is 9.90 Å². The molecule has 0 radical (unpaired) electrons. The van der Waals surface area contributed by atoms with Crippen molar-refractivity contribution in [2.45, 2.75) is 18.4 Å². The molecule has 6 nitrogen and oxygen atoms in total. The Bertz CT molecular complexity index is 581. The monoisotopic (exact) mass is 273 g/mol. The number of carbonyl (C=O) groups is 1. The van der Waals surface area contributed by atoms with Crippen LogP contribution in [0, 0.1) is 5.92 Å². The molecule has 20 heavy (non-hydrogen) atoms. The first kappa shape index (κ1) is 12.8. The second-order valence-electron chi connectivity index (χ2n) is 4.95. The van der Waals surface area contributed by atoms with E-state index in [1.807, 2.05) is 0 Å². The Labute approximate surface area is 115 Å². The molecule has 0 aromatic carbocycles. The van der Waals surface area contributed by atoms with Gasteiger partial charge in [-0.15, -0.1) is 0 Å². The van der Waals surface area contributed by atoms with Crippen LogP contribution >= 0.6 is 0 Å². The van der Waals surface area contributed by atoms with Gasteiger partial charge in [-0.05, 0) is 30.9 Å². The lowest BCUT2D eigenvalue weighted by Gasteiger charge is -2.26. The third-order valence-corrected chi connectivity index (χ3v) is 3.51. The zero-order chi connectivity index (χ0) is 14.0. The molecule has 2 heterocycles. The van der Waals surface area contributed by atoms with E-state index >= 15 is 0 Å². The van der Waals surface area contributed by atoms with Gasteiger partial charge in [0.05, 0.1) is 19.0 Å². The zero-order valence-corrected chi connectivity index (χ0v) is 10.8. The average Bonchev–Trinajstić information content (AvgIpc) is 3.20. The van der Waals surface area contributed by atoms with Crippen LogP contribution in [0.5, 0.6) is 0 Å². The number of aliphatic hydroxyl groups is 1. The first-order valence-corrected chi connectivity index (χ1v) is 6.51. The Hall–Kier alpha value is -2.21. The second-order valence-corrected chi connectivity index (χ2v) is 4.95. The van der Waals surface area contributed by atoms with E-state index in [0.717, 1.165) is 12.8 Å². The first-order chi connectivity index (χ1) is 9.70. The van der Waals surface area contributed by atoms with Crippen LogP contribution < -0.4 is 5.32 Å². The van der Waals surface area contributed by atoms with Gasteiger partial charge in [0.2, 0.25) is 0 Å². The number of furan rings is 1. The van der Waals surface area contributed by atoms with E-state index in [1.54, 1.807) is 12.1 Å². The molecule has 1 atom stereocenters. The maximum Gasteiger partial charge on any atom is 0.271 e. The summed E-state index contributed by atoms with van der Waals surface area (Å²) in [7, 11) is 0. The minimum absolute atomic E-state index is 0.0978. The molecule has 1 aliphatic rings. The molecular weight excluding hydrogens is 258 g/mol. The van der Waals surface area contributed by atoms with Gasteiger partial charge in [-0.1, -0.05) is 0 Å². The Morgan fingerprint density at radius 2 is 2.35 bits per heavy atom. The van der Waals surface area contributed by atoms with Crippen LogP contribution in [0.4, 0.5) is 0 Å². The Kier molecular flexibility index (Phi) is 3.23. The van der Waals surface area contributed by atoms with Crippen molar-refractivity contribution >= 4 is 5.91 Å². The number of hydrogen-bond acceptors (Lipinski definition) is 5. The molecule has 6 heteroatoms. The molecule has 1 unspecified atom stereocenters. The molecular formula is C14H15N3O3. The summed E-state index contributed by atoms with van der Waals surface area (Å²) in [4.78, 5) is 19.7. The van der Waals surface area contributed by atoms with Crippen LogP contribution in [0.3, 0.4) is 0 Å². The van der Waals surface area contributed by atoms with Crippen LogP contribution in [0.25, 0.3) is 0 Å². The minimum atomic E-state index is -1.15. The van der Waals surface area contributed by atoms with Crippen LogP contribution in [0.2, 0.25) is 0 Å². The van der Waals surface area contributed by atoms with Crippen molar-refractivity contribution in [3.63, 3.8) is 0 Å². The van der Waals surface area contributed by atoms with Crippen molar-refractivity contribution in [2.24, 2.45) is 5.92 Å². The van der Waals surface area contributed by atoms with Gasteiger partial charge in [0, 0.05) is 12.4 Å². The quantitative estimate of drug-likeness (QED) is 0.851. The summed E-state index contributed by atoms with van der Waals surface area (Å²) >= 11 is 0. The molecule has 2 aromatic rings. The summed E-state index contributed by atoms with van der Waals surface area (Å²) in [5, 5.41) is 13.5. The van der Waals surface area contributed by atoms with Crippen LogP contribution in [0.15, 0.2) is 41.4 Å². The van der Waals surface area contributed by atoms with Gasteiger partial charge >= 0.3 is 0 Å². The molecule has 0 spiro atoms. The van der Waals surface area contributed by atoms with E-state index in [4.69, 9.17) is 4.42 Å². The highest BCUT2D eigenvalue weighted by Gasteiger charge is 2.47. The van der Waals surface area contributed by atoms with Crippen molar-refractivity contribution in [3.8, 4) is 0 Å². The van der Waals surface area contributed by atoms with E-state index in [2.05, 4.69) is 15.3 Å². The fraction of sp³-hybridized carbons (Fsp3) is 0.357. The summed E-state index contributed by atoms with van der Waals surface area (Å²) in [5.74, 6) is 0.249. The van der Waals surface area contributed by atoms with Gasteiger partial charge in [0.25, 0.3) is 5.91 Å². The Morgan fingerprint density at radius 3 is 2.95 bits per heavy atom. The standard InChI is InChI=1S/C14H15N3O3/c18-13(11-8-15-5-6-16-11)17-9-14(19,10-3-4-10)12-2-1-7-20-12/h1-2,5-8,10,19H,3-4,9H2,(H,17,18). The molecule has 104 valence electrons. The van der Waals surface area contributed by atoms with Crippen molar-refractivity contribution in [1.29, 1.82) is 0 Å². The van der Waals surface area contributed by atoms with E-state index in [1.165, 1.54) is 24.9 Å². The molecule has 1 saturated carbocycles. The lowest BCUT2D eigenvalue weighted by Crippen LogP contribution is -2.42. The second kappa shape index (κ2) is 5.05. The largest absolute Gasteiger partial charge is 0.466 e. The van der Waals surface area contributed by atoms with Crippen LogP contribution in [0.1, 0.15) is 29.1 Å². The predicted molar refractivity (Wildman–Crippen MR) is 69.7 cm³/mol. The number of hydrogen-bond donors (Lipinski definition) is 2. The number of rotatable bonds is 5. The lowest BCUT2D eigenvalue weighted by molar-refractivity contribution is -0.00615. The maximum absolute atomic E-state index is 11.9. The van der Waals surface area contributed by atoms with Gasteiger partial charge in [-0.3, -0.25) is 9.78 Å². The van der Waals surface area contributed by atoms with Gasteiger partial charge in [-0.25, -0.2) is 4.98 Å². The van der Waals surface area contributed by atoms with Crippen molar-refractivity contribution in [1.82, 2.24) is 15.3 Å². The van der Waals surface area contributed by atoms with E-state index < -0.39 is 5.60 Å². The highest BCUT2D eigenvalue weighted by molar-refractivity contribution is 5.91. The van der Waals surface area contributed by atoms with E-state index in [-0.39, 0.29) is 24.1 Å². The summed E-state index contributed by atoms with van der Waals surface area (Å²) in [5.41, 5.74) is -0.924. The summed E-state index contributed by atoms with van der Waals surface area (Å²) in [6, 6.07) is 3.46. The summed E-state index contributed by atoms with van der Waals surface area (Å²) in [6.07, 6.45) is 7.72. The topological polar surface area (TPSA) is 88.2 Å². The highest BCUT2D eigenvalue weighted by Crippen LogP contribution is 2.45. The van der Waals surface area contributed by atoms with Gasteiger partial charge < -0.3 is 14.8 Å². The molecule has 1 amide bonds. The van der Waals surface area contributed by atoms with Crippen molar-refractivity contribution in [2.75, 3.05) is 6.54 Å². The molecule has 2 aromatic heterocycles. The fourth-order valence-corrected chi connectivity index (χ4v) is 2.24. The third kappa shape index (κ3) is 2.42. The Balaban J connectivity index is 1.71. The number of carbonyl (C=O) groups excluding carboxylic acids is 1. The molecule has 0 aliphatic heterocycles. The first-order valence-electron chi connectivity index (χ1n) is 6.51. The minimum Gasteiger partial charge on any atom is -0.466 e. The number of amides is 1. The summed E-state index contributed by atoms with van der Waals surface area (Å²) in [6.45, 7) is 0.0978. The van der Waals surface area contributed by atoms with Gasteiger partial charge in [-0.2, -0.15) is 0 Å². The fourth-order valence-electron chi connectivity index (χ4n) is 2.24. The third-order valence-electron chi connectivity index (χ3n) is 3.51. The molecule has 1 fully saturated rings. The summed E-state index contributed by atoms with van der Waals surface area (Å²) < 4.78 is 5.31. The maximum atomic E-state index is 11.9. The highest BCUT2D eigenvalue weighted by atomic mass is 16.4. The number of aromatic nitrogens is 2. The SMILES string of the molecule is O=C(NCC(O)(c1ccco1)C1CC1)c1cnccn1. The van der Waals surface area contributed by atoms with Crippen molar-refractivity contribution < 1.29 is 14.3 Å². The number of nitrogens with zero attached hydrogens (tertiary/aromatic N) is 2. The predicted octanol–water partition coefficient (Wildman–Crippen LogP) is 1.10. The zero-order valence-electron chi connectivity index (χ0n) is 10.8. The van der Waals surface area contributed by atoms with Crippen LogP contribution in [-0.2, 0) is 5.60 Å². The average molecular weight is 273 g/mol. The molecule has 0 saturated heterocycles.